The lowest BCUT2D eigenvalue weighted by molar-refractivity contribution is -0.113. The van der Waals surface area contributed by atoms with E-state index in [2.05, 4.69) is 38.0 Å². The molecule has 0 bridgehead atoms. The zero-order chi connectivity index (χ0) is 18.5. The molecule has 1 amide bonds. The van der Waals surface area contributed by atoms with Gasteiger partial charge < -0.3 is 9.73 Å². The highest BCUT2D eigenvalue weighted by Gasteiger charge is 2.17. The van der Waals surface area contributed by atoms with Gasteiger partial charge in [0.15, 0.2) is 15.6 Å². The molecule has 26 heavy (non-hydrogen) atoms. The number of hydrogen-bond acceptors (Lipinski definition) is 5. The third-order valence-corrected chi connectivity index (χ3v) is 4.85. The molecular weight excluding hydrogens is 416 g/mol. The number of anilines is 1. The molecule has 0 aliphatic rings. The molecule has 1 aromatic carbocycles. The number of nitrogens with one attached hydrogen (secondary N) is 1. The van der Waals surface area contributed by atoms with E-state index in [1.54, 1.807) is 12.1 Å². The SMILES string of the molecule is C=CCn1c(SCC(=O)Nc2cccc(C)c2)nnc1-c1ccc(Br)o1. The van der Waals surface area contributed by atoms with E-state index in [-0.39, 0.29) is 11.7 Å². The van der Waals surface area contributed by atoms with Crippen LogP contribution in [-0.2, 0) is 11.3 Å². The second-order valence-electron chi connectivity index (χ2n) is 5.52. The Hall–Kier alpha value is -2.32. The van der Waals surface area contributed by atoms with Gasteiger partial charge in [-0.15, -0.1) is 16.8 Å². The molecule has 0 saturated carbocycles. The van der Waals surface area contributed by atoms with Gasteiger partial charge in [-0.1, -0.05) is 30.0 Å². The summed E-state index contributed by atoms with van der Waals surface area (Å²) >= 11 is 4.60. The molecule has 0 spiro atoms. The van der Waals surface area contributed by atoms with E-state index in [0.29, 0.717) is 28.0 Å². The molecule has 3 rings (SSSR count). The largest absolute Gasteiger partial charge is 0.446 e. The van der Waals surface area contributed by atoms with Gasteiger partial charge >= 0.3 is 0 Å². The highest BCUT2D eigenvalue weighted by Crippen LogP contribution is 2.27. The van der Waals surface area contributed by atoms with Crippen molar-refractivity contribution >= 4 is 39.3 Å². The summed E-state index contributed by atoms with van der Waals surface area (Å²) in [5.41, 5.74) is 1.87. The van der Waals surface area contributed by atoms with Crippen molar-refractivity contribution in [2.24, 2.45) is 0 Å². The average Bonchev–Trinajstić information content (AvgIpc) is 3.19. The van der Waals surface area contributed by atoms with Gasteiger partial charge in [-0.2, -0.15) is 0 Å². The maximum atomic E-state index is 12.2. The maximum absolute atomic E-state index is 12.2. The number of amides is 1. The number of furan rings is 1. The lowest BCUT2D eigenvalue weighted by Crippen LogP contribution is -2.14. The van der Waals surface area contributed by atoms with Crippen LogP contribution < -0.4 is 5.32 Å². The summed E-state index contributed by atoms with van der Waals surface area (Å²) in [7, 11) is 0. The zero-order valence-electron chi connectivity index (χ0n) is 14.1. The molecule has 6 nitrogen and oxygen atoms in total. The first-order chi connectivity index (χ1) is 12.6. The van der Waals surface area contributed by atoms with Gasteiger partial charge in [-0.25, -0.2) is 0 Å². The molecule has 8 heteroatoms. The summed E-state index contributed by atoms with van der Waals surface area (Å²) in [6.07, 6.45) is 1.75. The molecule has 0 radical (unpaired) electrons. The predicted octanol–water partition coefficient (Wildman–Crippen LogP) is 4.53. The van der Waals surface area contributed by atoms with Gasteiger partial charge in [0.25, 0.3) is 0 Å². The summed E-state index contributed by atoms with van der Waals surface area (Å²) in [6.45, 7) is 6.27. The minimum atomic E-state index is -0.101. The highest BCUT2D eigenvalue weighted by molar-refractivity contribution is 9.10. The summed E-state index contributed by atoms with van der Waals surface area (Å²) < 4.78 is 8.04. The zero-order valence-corrected chi connectivity index (χ0v) is 16.5. The van der Waals surface area contributed by atoms with Crippen molar-refractivity contribution < 1.29 is 9.21 Å². The van der Waals surface area contributed by atoms with Gasteiger partial charge in [-0.05, 0) is 52.7 Å². The monoisotopic (exact) mass is 432 g/mol. The van der Waals surface area contributed by atoms with E-state index in [1.165, 1.54) is 11.8 Å². The second kappa shape index (κ2) is 8.37. The van der Waals surface area contributed by atoms with Crippen LogP contribution in [0.2, 0.25) is 0 Å². The third-order valence-electron chi connectivity index (χ3n) is 3.46. The van der Waals surface area contributed by atoms with Crippen LogP contribution in [0.1, 0.15) is 5.56 Å². The number of hydrogen-bond donors (Lipinski definition) is 1. The molecular formula is C18H17BrN4O2S. The van der Waals surface area contributed by atoms with Gasteiger partial charge in [-0.3, -0.25) is 9.36 Å². The fraction of sp³-hybridized carbons (Fsp3) is 0.167. The average molecular weight is 433 g/mol. The number of thioether (sulfide) groups is 1. The number of halogens is 1. The van der Waals surface area contributed by atoms with Gasteiger partial charge in [0.05, 0.1) is 5.75 Å². The van der Waals surface area contributed by atoms with Crippen LogP contribution in [0.3, 0.4) is 0 Å². The summed E-state index contributed by atoms with van der Waals surface area (Å²) in [5.74, 6) is 1.32. The van der Waals surface area contributed by atoms with Crippen LogP contribution in [0.5, 0.6) is 0 Å². The number of aromatic nitrogens is 3. The van der Waals surface area contributed by atoms with Crippen LogP contribution in [0.15, 0.2) is 63.3 Å². The number of allylic oxidation sites excluding steroid dienone is 1. The van der Waals surface area contributed by atoms with E-state index in [1.807, 2.05) is 41.8 Å². The smallest absolute Gasteiger partial charge is 0.234 e. The lowest BCUT2D eigenvalue weighted by Gasteiger charge is -2.07. The Bertz CT molecular complexity index is 935. The molecule has 2 aromatic heterocycles. The Kier molecular flexibility index (Phi) is 5.95. The first kappa shape index (κ1) is 18.5. The van der Waals surface area contributed by atoms with Crippen molar-refractivity contribution in [1.29, 1.82) is 0 Å². The Morgan fingerprint density at radius 1 is 1.38 bits per heavy atom. The predicted molar refractivity (Wildman–Crippen MR) is 106 cm³/mol. The quantitative estimate of drug-likeness (QED) is 0.438. The van der Waals surface area contributed by atoms with Crippen LogP contribution in [-0.4, -0.2) is 26.4 Å². The Labute approximate surface area is 163 Å². The van der Waals surface area contributed by atoms with E-state index < -0.39 is 0 Å². The molecule has 0 aliphatic carbocycles. The summed E-state index contributed by atoms with van der Waals surface area (Å²) in [5, 5.41) is 11.9. The molecule has 0 atom stereocenters. The number of rotatable bonds is 7. The fourth-order valence-electron chi connectivity index (χ4n) is 2.36. The first-order valence-electron chi connectivity index (χ1n) is 7.86. The van der Waals surface area contributed by atoms with E-state index in [4.69, 9.17) is 4.42 Å². The minimum absolute atomic E-state index is 0.101. The Morgan fingerprint density at radius 2 is 2.23 bits per heavy atom. The molecule has 0 aliphatic heterocycles. The van der Waals surface area contributed by atoms with Crippen LogP contribution in [0.25, 0.3) is 11.6 Å². The second-order valence-corrected chi connectivity index (χ2v) is 7.24. The van der Waals surface area contributed by atoms with Crippen LogP contribution >= 0.6 is 27.7 Å². The molecule has 0 saturated heterocycles. The van der Waals surface area contributed by atoms with Crippen LogP contribution in [0, 0.1) is 6.92 Å². The topological polar surface area (TPSA) is 73.0 Å². The Balaban J connectivity index is 1.70. The first-order valence-corrected chi connectivity index (χ1v) is 9.64. The van der Waals surface area contributed by atoms with Gasteiger partial charge in [0.2, 0.25) is 11.7 Å². The Morgan fingerprint density at radius 3 is 2.92 bits per heavy atom. The van der Waals surface area contributed by atoms with Crippen molar-refractivity contribution in [1.82, 2.24) is 14.8 Å². The number of carbonyl (C=O) groups is 1. The number of carbonyl (C=O) groups excluding carboxylic acids is 1. The summed E-state index contributed by atoms with van der Waals surface area (Å²) in [4.78, 5) is 12.2. The number of aryl methyl sites for hydroxylation is 1. The van der Waals surface area contributed by atoms with Gasteiger partial charge in [0, 0.05) is 12.2 Å². The lowest BCUT2D eigenvalue weighted by atomic mass is 10.2. The third kappa shape index (κ3) is 4.44. The molecule has 3 aromatic rings. The van der Waals surface area contributed by atoms with Crippen molar-refractivity contribution in [2.75, 3.05) is 11.1 Å². The van der Waals surface area contributed by atoms with Crippen molar-refractivity contribution in [3.05, 3.63) is 59.3 Å². The van der Waals surface area contributed by atoms with Gasteiger partial charge in [0.1, 0.15) is 0 Å². The van der Waals surface area contributed by atoms with E-state index in [0.717, 1.165) is 11.3 Å². The summed E-state index contributed by atoms with van der Waals surface area (Å²) in [6, 6.07) is 11.3. The van der Waals surface area contributed by atoms with E-state index in [9.17, 15) is 4.79 Å². The standard InChI is InChI=1S/C18H17BrN4O2S/c1-3-9-23-17(14-7-8-15(19)25-14)21-22-18(23)26-11-16(24)20-13-6-4-5-12(2)10-13/h3-8,10H,1,9,11H2,2H3,(H,20,24). The van der Waals surface area contributed by atoms with Crippen molar-refractivity contribution in [3.8, 4) is 11.6 Å². The molecule has 0 unspecified atom stereocenters. The molecule has 0 fully saturated rings. The van der Waals surface area contributed by atoms with E-state index >= 15 is 0 Å². The van der Waals surface area contributed by atoms with Crippen molar-refractivity contribution in [2.45, 2.75) is 18.6 Å². The highest BCUT2D eigenvalue weighted by atomic mass is 79.9. The minimum Gasteiger partial charge on any atom is -0.446 e. The normalized spacial score (nSPS) is 10.7. The number of benzene rings is 1. The molecule has 134 valence electrons. The molecule has 1 N–H and O–H groups in total. The van der Waals surface area contributed by atoms with Crippen LogP contribution in [0.4, 0.5) is 5.69 Å². The fourth-order valence-corrected chi connectivity index (χ4v) is 3.41. The number of nitrogens with zero attached hydrogens (tertiary/aromatic N) is 3. The molecule has 2 heterocycles. The maximum Gasteiger partial charge on any atom is 0.234 e. The van der Waals surface area contributed by atoms with Crippen molar-refractivity contribution in [3.63, 3.8) is 0 Å².